The molecule has 1 amide bonds. The Bertz CT molecular complexity index is 1040. The number of fused-ring (bicyclic) bond motifs is 1. The summed E-state index contributed by atoms with van der Waals surface area (Å²) < 4.78 is 14.9. The van der Waals surface area contributed by atoms with Gasteiger partial charge in [-0.1, -0.05) is 0 Å². The van der Waals surface area contributed by atoms with Gasteiger partial charge in [0.25, 0.3) is 5.91 Å². The van der Waals surface area contributed by atoms with Gasteiger partial charge in [-0.2, -0.15) is 0 Å². The molecule has 8 heteroatoms. The molecule has 26 heavy (non-hydrogen) atoms. The van der Waals surface area contributed by atoms with Crippen LogP contribution in [0.2, 0.25) is 0 Å². The second kappa shape index (κ2) is 6.75. The molecule has 2 heterocycles. The summed E-state index contributed by atoms with van der Waals surface area (Å²) in [6, 6.07) is 11.6. The van der Waals surface area contributed by atoms with Crippen LogP contribution in [0.25, 0.3) is 16.6 Å². The summed E-state index contributed by atoms with van der Waals surface area (Å²) in [6.45, 7) is 0.455. The molecule has 0 aliphatic carbocycles. The minimum Gasteiger partial charge on any atom is -0.361 e. The number of aromatic nitrogens is 5. The number of nitrogens with one attached hydrogen (secondary N) is 2. The molecule has 4 aromatic rings. The minimum atomic E-state index is -0.273. The number of hydrogen-bond donors (Lipinski definition) is 2. The van der Waals surface area contributed by atoms with Gasteiger partial charge in [0.05, 0.1) is 5.69 Å². The second-order valence-electron chi connectivity index (χ2n) is 5.81. The van der Waals surface area contributed by atoms with Crippen molar-refractivity contribution in [1.82, 2.24) is 30.5 Å². The fourth-order valence-electron chi connectivity index (χ4n) is 2.82. The van der Waals surface area contributed by atoms with Gasteiger partial charge in [-0.15, -0.1) is 5.10 Å². The Balaban J connectivity index is 1.38. The summed E-state index contributed by atoms with van der Waals surface area (Å²) in [5, 5.41) is 14.7. The van der Waals surface area contributed by atoms with Gasteiger partial charge in [-0.05, 0) is 64.9 Å². The van der Waals surface area contributed by atoms with Crippen molar-refractivity contribution < 1.29 is 9.18 Å². The Labute approximate surface area is 147 Å². The maximum Gasteiger partial charge on any atom is 0.251 e. The molecule has 0 saturated heterocycles. The molecule has 0 atom stereocenters. The normalized spacial score (nSPS) is 11.0. The molecule has 4 rings (SSSR count). The lowest BCUT2D eigenvalue weighted by Crippen LogP contribution is -2.25. The quantitative estimate of drug-likeness (QED) is 0.578. The molecule has 7 nitrogen and oxygen atoms in total. The van der Waals surface area contributed by atoms with E-state index in [1.54, 1.807) is 30.3 Å². The molecular weight excluding hydrogens is 335 g/mol. The van der Waals surface area contributed by atoms with E-state index in [1.165, 1.54) is 23.1 Å². The van der Waals surface area contributed by atoms with Crippen LogP contribution in [-0.2, 0) is 6.42 Å². The topological polar surface area (TPSA) is 88.5 Å². The Kier molecular flexibility index (Phi) is 4.14. The lowest BCUT2D eigenvalue weighted by molar-refractivity contribution is 0.0954. The van der Waals surface area contributed by atoms with Crippen LogP contribution in [0.4, 0.5) is 4.39 Å². The smallest absolute Gasteiger partial charge is 0.251 e. The van der Waals surface area contributed by atoms with Gasteiger partial charge in [0, 0.05) is 29.2 Å². The van der Waals surface area contributed by atoms with Crippen molar-refractivity contribution in [1.29, 1.82) is 0 Å². The molecule has 0 saturated carbocycles. The molecule has 0 radical (unpaired) electrons. The molecule has 0 spiro atoms. The Morgan fingerprint density at radius 1 is 1.19 bits per heavy atom. The summed E-state index contributed by atoms with van der Waals surface area (Å²) in [7, 11) is 0. The van der Waals surface area contributed by atoms with E-state index in [2.05, 4.69) is 25.8 Å². The van der Waals surface area contributed by atoms with E-state index in [9.17, 15) is 9.18 Å². The summed E-state index contributed by atoms with van der Waals surface area (Å²) in [4.78, 5) is 15.4. The van der Waals surface area contributed by atoms with Gasteiger partial charge in [0.1, 0.15) is 12.1 Å². The first-order valence-corrected chi connectivity index (χ1v) is 8.08. The molecule has 130 valence electrons. The number of hydrogen-bond acceptors (Lipinski definition) is 4. The highest BCUT2D eigenvalue weighted by Gasteiger charge is 2.08. The fraction of sp³-hybridized carbons (Fsp3) is 0.111. The third-order valence-electron chi connectivity index (χ3n) is 4.15. The van der Waals surface area contributed by atoms with Crippen LogP contribution in [0.1, 0.15) is 15.9 Å². The molecule has 2 aromatic heterocycles. The van der Waals surface area contributed by atoms with E-state index in [0.717, 1.165) is 22.2 Å². The van der Waals surface area contributed by atoms with E-state index in [-0.39, 0.29) is 11.7 Å². The maximum absolute atomic E-state index is 13.4. The highest BCUT2D eigenvalue weighted by Crippen LogP contribution is 2.19. The van der Waals surface area contributed by atoms with Crippen LogP contribution in [0.5, 0.6) is 0 Å². The van der Waals surface area contributed by atoms with Crippen molar-refractivity contribution in [3.05, 3.63) is 71.9 Å². The highest BCUT2D eigenvalue weighted by molar-refractivity contribution is 5.94. The van der Waals surface area contributed by atoms with E-state index in [4.69, 9.17) is 0 Å². The Morgan fingerprint density at radius 3 is 2.81 bits per heavy atom. The molecule has 2 N–H and O–H groups in total. The van der Waals surface area contributed by atoms with Crippen molar-refractivity contribution in [2.75, 3.05) is 6.54 Å². The number of aromatic amines is 1. The van der Waals surface area contributed by atoms with Crippen LogP contribution < -0.4 is 5.32 Å². The Hall–Kier alpha value is -3.55. The maximum atomic E-state index is 13.4. The number of carbonyl (C=O) groups excluding carboxylic acids is 1. The first-order valence-electron chi connectivity index (χ1n) is 8.08. The number of nitrogens with zero attached hydrogens (tertiary/aromatic N) is 4. The van der Waals surface area contributed by atoms with Crippen LogP contribution in [0.15, 0.2) is 55.0 Å². The number of H-pyrrole nitrogens is 1. The van der Waals surface area contributed by atoms with Gasteiger partial charge < -0.3 is 10.3 Å². The van der Waals surface area contributed by atoms with Crippen molar-refractivity contribution in [3.8, 4) is 5.69 Å². The van der Waals surface area contributed by atoms with Crippen LogP contribution in [0.3, 0.4) is 0 Å². The van der Waals surface area contributed by atoms with Gasteiger partial charge in [0.15, 0.2) is 0 Å². The zero-order chi connectivity index (χ0) is 17.9. The van der Waals surface area contributed by atoms with Crippen molar-refractivity contribution in [3.63, 3.8) is 0 Å². The lowest BCUT2D eigenvalue weighted by Gasteiger charge is -2.06. The van der Waals surface area contributed by atoms with Crippen LogP contribution >= 0.6 is 0 Å². The molecule has 0 fully saturated rings. The highest BCUT2D eigenvalue weighted by atomic mass is 19.1. The van der Waals surface area contributed by atoms with E-state index in [1.807, 2.05) is 6.20 Å². The lowest BCUT2D eigenvalue weighted by atomic mass is 10.1. The van der Waals surface area contributed by atoms with Crippen LogP contribution in [-0.4, -0.2) is 37.6 Å². The number of benzene rings is 2. The molecular formula is C18H15FN6O. The summed E-state index contributed by atoms with van der Waals surface area (Å²) in [5.74, 6) is -0.440. The van der Waals surface area contributed by atoms with Crippen molar-refractivity contribution in [2.45, 2.75) is 6.42 Å². The van der Waals surface area contributed by atoms with Crippen molar-refractivity contribution in [2.24, 2.45) is 0 Å². The average molecular weight is 350 g/mol. The standard InChI is InChI=1S/C18H15FN6O/c19-14-3-6-17-16(9-14)13(10-21-17)7-8-20-18(26)12-1-4-15(5-2-12)25-11-22-23-24-25/h1-6,9-11,21H,7-8H2,(H,20,26). The summed E-state index contributed by atoms with van der Waals surface area (Å²) in [6.07, 6.45) is 3.94. The van der Waals surface area contributed by atoms with Crippen molar-refractivity contribution >= 4 is 16.8 Å². The third-order valence-corrected chi connectivity index (χ3v) is 4.15. The van der Waals surface area contributed by atoms with Crippen LogP contribution in [0, 0.1) is 5.82 Å². The van der Waals surface area contributed by atoms with E-state index < -0.39 is 0 Å². The number of carbonyl (C=O) groups is 1. The average Bonchev–Trinajstić information content (AvgIpc) is 3.32. The second-order valence-corrected chi connectivity index (χ2v) is 5.81. The predicted octanol–water partition coefficient (Wildman–Crippen LogP) is 2.26. The zero-order valence-electron chi connectivity index (χ0n) is 13.7. The van der Waals surface area contributed by atoms with Gasteiger partial charge in [0.2, 0.25) is 0 Å². The first-order chi connectivity index (χ1) is 12.7. The van der Waals surface area contributed by atoms with E-state index in [0.29, 0.717) is 18.5 Å². The number of tetrazole rings is 1. The minimum absolute atomic E-state index is 0.167. The zero-order valence-corrected chi connectivity index (χ0v) is 13.7. The largest absolute Gasteiger partial charge is 0.361 e. The molecule has 0 unspecified atom stereocenters. The summed E-state index contributed by atoms with van der Waals surface area (Å²) in [5.41, 5.74) is 3.17. The number of halogens is 1. The first kappa shape index (κ1) is 15.9. The molecule has 0 aliphatic heterocycles. The molecule has 2 aromatic carbocycles. The molecule has 0 aliphatic rings. The number of rotatable bonds is 5. The predicted molar refractivity (Wildman–Crippen MR) is 93.4 cm³/mol. The third kappa shape index (κ3) is 3.16. The molecule has 0 bridgehead atoms. The SMILES string of the molecule is O=C(NCCc1c[nH]c2ccc(F)cc12)c1ccc(-n2cnnn2)cc1. The van der Waals surface area contributed by atoms with Gasteiger partial charge in [-0.3, -0.25) is 4.79 Å². The monoisotopic (exact) mass is 350 g/mol. The fourth-order valence-corrected chi connectivity index (χ4v) is 2.82. The number of amides is 1. The van der Waals surface area contributed by atoms with E-state index >= 15 is 0 Å². The van der Waals surface area contributed by atoms with Gasteiger partial charge in [-0.25, -0.2) is 9.07 Å². The summed E-state index contributed by atoms with van der Waals surface area (Å²) >= 11 is 0. The Morgan fingerprint density at radius 2 is 2.04 bits per heavy atom. The van der Waals surface area contributed by atoms with Gasteiger partial charge >= 0.3 is 0 Å².